The smallest absolute Gasteiger partial charge is 0.0629 e. The van der Waals surface area contributed by atoms with E-state index in [9.17, 15) is 0 Å². The normalized spacial score (nSPS) is 16.9. The van der Waals surface area contributed by atoms with Crippen molar-refractivity contribution in [3.63, 3.8) is 0 Å². The molecular weight excluding hydrogens is 534 g/mol. The highest BCUT2D eigenvalue weighted by Gasteiger charge is 2.39. The highest BCUT2D eigenvalue weighted by atomic mass is 15.2. The van der Waals surface area contributed by atoms with E-state index in [4.69, 9.17) is 0 Å². The highest BCUT2D eigenvalue weighted by molar-refractivity contribution is 6.16. The van der Waals surface area contributed by atoms with Gasteiger partial charge < -0.3 is 9.47 Å². The number of aromatic nitrogens is 2. The van der Waals surface area contributed by atoms with Crippen molar-refractivity contribution in [1.29, 1.82) is 0 Å². The second kappa shape index (κ2) is 9.96. The van der Waals surface area contributed by atoms with E-state index in [1.807, 2.05) is 12.4 Å². The first kappa shape index (κ1) is 24.9. The van der Waals surface area contributed by atoms with Crippen molar-refractivity contribution in [2.45, 2.75) is 12.0 Å². The van der Waals surface area contributed by atoms with E-state index in [0.29, 0.717) is 0 Å². The lowest BCUT2D eigenvalue weighted by atomic mass is 9.85. The van der Waals surface area contributed by atoms with E-state index in [2.05, 4.69) is 166 Å². The third kappa shape index (κ3) is 3.73. The molecule has 1 aliphatic carbocycles. The van der Waals surface area contributed by atoms with Gasteiger partial charge in [0.05, 0.1) is 17.1 Å². The average Bonchev–Trinajstić information content (AvgIpc) is 3.62. The summed E-state index contributed by atoms with van der Waals surface area (Å²) in [5.74, 6) is 0.246. The van der Waals surface area contributed by atoms with Crippen molar-refractivity contribution < 1.29 is 0 Å². The topological polar surface area (TPSA) is 21.1 Å². The van der Waals surface area contributed by atoms with E-state index >= 15 is 0 Å². The molecule has 3 heterocycles. The molecule has 1 aliphatic heterocycles. The van der Waals surface area contributed by atoms with Crippen LogP contribution in [0.4, 0.5) is 11.4 Å². The molecule has 0 fully saturated rings. The van der Waals surface area contributed by atoms with Gasteiger partial charge in [-0.15, -0.1) is 0 Å². The standard InChI is InChI=1S/C41H29N3/c1-3-11-28(12-4-1)29-21-23-31(24-22-29)44-36-18-8-7-15-34(36)40-32(16-9-19-38(40)44)33-17-10-20-39-41(33)35-27-42-26-25-37(35)43(39)30-13-5-2-6-14-30/h1-27,34,36H. The van der Waals surface area contributed by atoms with Crippen LogP contribution in [0.5, 0.6) is 0 Å². The lowest BCUT2D eigenvalue weighted by molar-refractivity contribution is 0.745. The molecular formula is C41H29N3. The van der Waals surface area contributed by atoms with Crippen LogP contribution in [0.3, 0.4) is 0 Å². The van der Waals surface area contributed by atoms with Gasteiger partial charge >= 0.3 is 0 Å². The van der Waals surface area contributed by atoms with Gasteiger partial charge in [0.2, 0.25) is 0 Å². The molecule has 2 aromatic heterocycles. The van der Waals surface area contributed by atoms with Gasteiger partial charge in [0.15, 0.2) is 0 Å². The quantitative estimate of drug-likeness (QED) is 0.212. The van der Waals surface area contributed by atoms with Gasteiger partial charge in [-0.2, -0.15) is 0 Å². The van der Waals surface area contributed by atoms with Crippen LogP contribution in [0, 0.1) is 0 Å². The molecule has 2 unspecified atom stereocenters. The van der Waals surface area contributed by atoms with Crippen LogP contribution in [0.2, 0.25) is 0 Å². The monoisotopic (exact) mass is 563 g/mol. The number of para-hydroxylation sites is 1. The SMILES string of the molecule is C1=CC2c3c(-c4cccc5c4c4cnccc4n5-c4ccccc4)cccc3N(c3ccc(-c4ccccc4)cc3)C2C=C1. The maximum atomic E-state index is 4.58. The zero-order valence-electron chi connectivity index (χ0n) is 24.1. The summed E-state index contributed by atoms with van der Waals surface area (Å²) in [5, 5.41) is 2.41. The summed E-state index contributed by atoms with van der Waals surface area (Å²) in [6.45, 7) is 0. The number of benzene rings is 5. The first-order valence-corrected chi connectivity index (χ1v) is 15.2. The molecule has 9 rings (SSSR count). The zero-order chi connectivity index (χ0) is 29.0. The van der Waals surface area contributed by atoms with Crippen molar-refractivity contribution >= 4 is 33.2 Å². The van der Waals surface area contributed by atoms with E-state index < -0.39 is 0 Å². The van der Waals surface area contributed by atoms with Crippen LogP contribution in [0.15, 0.2) is 164 Å². The van der Waals surface area contributed by atoms with Crippen LogP contribution in [-0.4, -0.2) is 15.6 Å². The van der Waals surface area contributed by atoms with Gasteiger partial charge in [0, 0.05) is 46.1 Å². The molecule has 3 nitrogen and oxygen atoms in total. The van der Waals surface area contributed by atoms with Gasteiger partial charge in [-0.3, -0.25) is 4.98 Å². The minimum Gasteiger partial charge on any atom is -0.333 e. The highest BCUT2D eigenvalue weighted by Crippen LogP contribution is 2.52. The first-order chi connectivity index (χ1) is 21.9. The lowest BCUT2D eigenvalue weighted by Gasteiger charge is -2.28. The zero-order valence-corrected chi connectivity index (χ0v) is 24.1. The number of hydrogen-bond donors (Lipinski definition) is 0. The van der Waals surface area contributed by atoms with E-state index in [-0.39, 0.29) is 12.0 Å². The van der Waals surface area contributed by atoms with E-state index in [1.54, 1.807) is 0 Å². The number of hydrogen-bond acceptors (Lipinski definition) is 2. The predicted molar refractivity (Wildman–Crippen MR) is 183 cm³/mol. The molecule has 0 saturated heterocycles. The Hall–Kier alpha value is -5.67. The van der Waals surface area contributed by atoms with Crippen molar-refractivity contribution in [2.24, 2.45) is 0 Å². The third-order valence-electron chi connectivity index (χ3n) is 9.23. The van der Waals surface area contributed by atoms with Crippen LogP contribution >= 0.6 is 0 Å². The summed E-state index contributed by atoms with van der Waals surface area (Å²) in [5.41, 5.74) is 12.4. The van der Waals surface area contributed by atoms with Gasteiger partial charge in [-0.1, -0.05) is 109 Å². The maximum Gasteiger partial charge on any atom is 0.0629 e. The number of nitrogens with zero attached hydrogens (tertiary/aromatic N) is 3. The molecule has 0 bridgehead atoms. The molecule has 0 radical (unpaired) electrons. The van der Waals surface area contributed by atoms with Crippen molar-refractivity contribution in [1.82, 2.24) is 9.55 Å². The summed E-state index contributed by atoms with van der Waals surface area (Å²) in [4.78, 5) is 7.10. The van der Waals surface area contributed by atoms with Crippen LogP contribution in [0.25, 0.3) is 49.7 Å². The van der Waals surface area contributed by atoms with Crippen molar-refractivity contribution in [3.8, 4) is 27.9 Å². The molecule has 0 amide bonds. The average molecular weight is 564 g/mol. The molecule has 0 N–H and O–H groups in total. The summed E-state index contributed by atoms with van der Waals surface area (Å²) < 4.78 is 2.37. The largest absolute Gasteiger partial charge is 0.333 e. The summed E-state index contributed by atoms with van der Waals surface area (Å²) >= 11 is 0. The number of allylic oxidation sites excluding steroid dienone is 2. The van der Waals surface area contributed by atoms with Crippen LogP contribution in [0.1, 0.15) is 11.5 Å². The maximum absolute atomic E-state index is 4.58. The fraction of sp³-hybridized carbons (Fsp3) is 0.0488. The summed E-state index contributed by atoms with van der Waals surface area (Å²) in [6, 6.07) is 46.1. The fourth-order valence-electron chi connectivity index (χ4n) is 7.37. The Bertz CT molecular complexity index is 2220. The molecule has 208 valence electrons. The van der Waals surface area contributed by atoms with Crippen molar-refractivity contribution in [2.75, 3.05) is 4.90 Å². The van der Waals surface area contributed by atoms with Crippen LogP contribution < -0.4 is 4.90 Å². The molecule has 44 heavy (non-hydrogen) atoms. The minimum atomic E-state index is 0.213. The van der Waals surface area contributed by atoms with Crippen LogP contribution in [-0.2, 0) is 0 Å². The minimum absolute atomic E-state index is 0.213. The Morgan fingerprint density at radius 1 is 0.545 bits per heavy atom. The number of rotatable bonds is 4. The van der Waals surface area contributed by atoms with Gasteiger partial charge in [0.1, 0.15) is 0 Å². The summed E-state index contributed by atoms with van der Waals surface area (Å²) in [6.07, 6.45) is 13.0. The number of pyridine rings is 1. The Morgan fingerprint density at radius 2 is 1.27 bits per heavy atom. The molecule has 3 heteroatoms. The lowest BCUT2D eigenvalue weighted by Crippen LogP contribution is -2.28. The van der Waals surface area contributed by atoms with Crippen molar-refractivity contribution in [3.05, 3.63) is 170 Å². The fourth-order valence-corrected chi connectivity index (χ4v) is 7.37. The second-order valence-electron chi connectivity index (χ2n) is 11.6. The Morgan fingerprint density at radius 3 is 2.11 bits per heavy atom. The Labute approximate surface area is 256 Å². The Kier molecular flexibility index (Phi) is 5.63. The third-order valence-corrected chi connectivity index (χ3v) is 9.23. The Balaban J connectivity index is 1.25. The van der Waals surface area contributed by atoms with Gasteiger partial charge in [-0.25, -0.2) is 0 Å². The first-order valence-electron chi connectivity index (χ1n) is 15.2. The molecule has 7 aromatic rings. The molecule has 0 saturated carbocycles. The van der Waals surface area contributed by atoms with E-state index in [0.717, 1.165) is 5.69 Å². The molecule has 2 aliphatic rings. The second-order valence-corrected chi connectivity index (χ2v) is 11.6. The summed E-state index contributed by atoms with van der Waals surface area (Å²) in [7, 11) is 0. The predicted octanol–water partition coefficient (Wildman–Crippen LogP) is 10.2. The van der Waals surface area contributed by atoms with E-state index in [1.165, 1.54) is 61.0 Å². The number of anilines is 2. The van der Waals surface area contributed by atoms with Gasteiger partial charge in [-0.05, 0) is 70.3 Å². The molecule has 0 spiro atoms. The number of fused-ring (bicyclic) bond motifs is 6. The molecule has 2 atom stereocenters. The molecule has 5 aromatic carbocycles. The van der Waals surface area contributed by atoms with Gasteiger partial charge in [0.25, 0.3) is 0 Å².